The van der Waals surface area contributed by atoms with Crippen LogP contribution in [0.1, 0.15) is 136 Å². The van der Waals surface area contributed by atoms with Crippen LogP contribution in [-0.2, 0) is 24.0 Å². The zero-order valence-corrected chi connectivity index (χ0v) is 31.6. The normalized spacial score (nSPS) is 24.0. The molecule has 2 heterocycles. The molecule has 5 N–H and O–H groups in total. The third kappa shape index (κ3) is 10.1. The molecule has 4 amide bonds. The third-order valence-corrected chi connectivity index (χ3v) is 11.6. The van der Waals surface area contributed by atoms with Crippen molar-refractivity contribution in [2.24, 2.45) is 23.2 Å². The van der Waals surface area contributed by atoms with Crippen molar-refractivity contribution in [3.63, 3.8) is 0 Å². The van der Waals surface area contributed by atoms with Crippen molar-refractivity contribution in [2.45, 2.75) is 160 Å². The summed E-state index contributed by atoms with van der Waals surface area (Å²) in [5, 5.41) is 22.9. The maximum Gasteiger partial charge on any atom is 0.289 e. The number of ketones is 1. The van der Waals surface area contributed by atoms with Crippen LogP contribution in [0, 0.1) is 23.2 Å². The highest BCUT2D eigenvalue weighted by atomic mass is 16.3. The third-order valence-electron chi connectivity index (χ3n) is 11.6. The Hall–Kier alpha value is -3.45. The summed E-state index contributed by atoms with van der Waals surface area (Å²) in [5.41, 5.74) is -0.428. The van der Waals surface area contributed by atoms with Gasteiger partial charge in [0, 0.05) is 25.0 Å². The van der Waals surface area contributed by atoms with Gasteiger partial charge in [0.05, 0.1) is 18.3 Å². The zero-order valence-electron chi connectivity index (χ0n) is 31.6. The molecule has 4 aliphatic rings. The second-order valence-corrected chi connectivity index (χ2v) is 16.7. The van der Waals surface area contributed by atoms with Crippen LogP contribution < -0.4 is 21.3 Å². The molecule has 13 nitrogen and oxygen atoms in total. The topological polar surface area (TPSA) is 183 Å². The van der Waals surface area contributed by atoms with Gasteiger partial charge in [-0.3, -0.25) is 39.3 Å². The molecule has 1 aliphatic heterocycles. The molecule has 1 aromatic rings. The van der Waals surface area contributed by atoms with Crippen LogP contribution >= 0.6 is 0 Å². The van der Waals surface area contributed by atoms with Gasteiger partial charge in [0.1, 0.15) is 24.0 Å². The highest BCUT2D eigenvalue weighted by molar-refractivity contribution is 6.38. The number of Topliss-reactive ketones (excluding diaryl/α,β-unsaturated/α-hetero) is 1. The van der Waals surface area contributed by atoms with Gasteiger partial charge in [-0.25, -0.2) is 0 Å². The minimum absolute atomic E-state index is 0.0146. The second kappa shape index (κ2) is 18.1. The number of likely N-dealkylation sites (tertiary alicyclic amines) is 1. The number of aromatic nitrogens is 2. The van der Waals surface area contributed by atoms with Crippen molar-refractivity contribution < 1.29 is 29.1 Å². The first kappa shape index (κ1) is 39.8. The Kier molecular flexibility index (Phi) is 13.8. The van der Waals surface area contributed by atoms with E-state index in [-0.39, 0.29) is 35.6 Å². The molecule has 52 heavy (non-hydrogen) atoms. The summed E-state index contributed by atoms with van der Waals surface area (Å²) in [7, 11) is 0. The summed E-state index contributed by atoms with van der Waals surface area (Å²) >= 11 is 0. The molecular formula is C39H61N7O6. The number of nitrogens with zero attached hydrogens (tertiary/aromatic N) is 3. The Labute approximate surface area is 308 Å². The van der Waals surface area contributed by atoms with Gasteiger partial charge in [-0.05, 0) is 61.7 Å². The number of hydrogen-bond donors (Lipinski definition) is 5. The maximum atomic E-state index is 14.8. The monoisotopic (exact) mass is 723 g/mol. The van der Waals surface area contributed by atoms with Gasteiger partial charge < -0.3 is 26.0 Å². The molecule has 3 saturated carbocycles. The van der Waals surface area contributed by atoms with Crippen LogP contribution in [0.3, 0.4) is 0 Å². The average Bonchev–Trinajstić information content (AvgIpc) is 3.85. The van der Waals surface area contributed by atoms with Gasteiger partial charge in [-0.15, -0.1) is 0 Å². The first-order chi connectivity index (χ1) is 24.9. The molecule has 5 rings (SSSR count). The van der Waals surface area contributed by atoms with Gasteiger partial charge in [-0.1, -0.05) is 85.5 Å². The summed E-state index contributed by atoms with van der Waals surface area (Å²) in [6, 6.07) is -3.56. The molecule has 0 radical (unpaired) electrons. The van der Waals surface area contributed by atoms with E-state index < -0.39 is 53.4 Å². The molecule has 6 atom stereocenters. The van der Waals surface area contributed by atoms with Crippen LogP contribution in [0.2, 0.25) is 0 Å². The molecule has 288 valence electrons. The lowest BCUT2D eigenvalue weighted by Crippen LogP contribution is -2.62. The van der Waals surface area contributed by atoms with Crippen molar-refractivity contribution in [2.75, 3.05) is 6.54 Å². The van der Waals surface area contributed by atoms with Gasteiger partial charge in [0.25, 0.3) is 5.91 Å². The Morgan fingerprint density at radius 3 is 2.17 bits per heavy atom. The number of nitrogens with one attached hydrogen (secondary N) is 4. The van der Waals surface area contributed by atoms with Gasteiger partial charge in [-0.2, -0.15) is 0 Å². The number of aliphatic hydroxyl groups excluding tert-OH is 1. The van der Waals surface area contributed by atoms with E-state index in [4.69, 9.17) is 0 Å². The molecule has 0 aromatic carbocycles. The average molecular weight is 724 g/mol. The largest absolute Gasteiger partial charge is 0.373 e. The van der Waals surface area contributed by atoms with E-state index in [2.05, 4.69) is 31.2 Å². The highest BCUT2D eigenvalue weighted by Crippen LogP contribution is 2.40. The summed E-state index contributed by atoms with van der Waals surface area (Å²) in [6.45, 7) is 7.94. The van der Waals surface area contributed by atoms with E-state index in [1.807, 2.05) is 27.7 Å². The Bertz CT molecular complexity index is 1390. The molecule has 0 spiro atoms. The fourth-order valence-corrected chi connectivity index (χ4v) is 8.56. The highest BCUT2D eigenvalue weighted by Gasteiger charge is 2.49. The lowest BCUT2D eigenvalue weighted by Gasteiger charge is -2.39. The maximum absolute atomic E-state index is 14.8. The Morgan fingerprint density at radius 1 is 0.904 bits per heavy atom. The molecule has 13 heteroatoms. The Morgan fingerprint density at radius 2 is 1.58 bits per heavy atom. The van der Waals surface area contributed by atoms with Crippen LogP contribution in [0.25, 0.3) is 0 Å². The molecule has 1 saturated heterocycles. The fraction of sp³-hybridized carbons (Fsp3) is 0.769. The van der Waals surface area contributed by atoms with Gasteiger partial charge >= 0.3 is 0 Å². The number of aliphatic hydroxyl groups is 1. The summed E-state index contributed by atoms with van der Waals surface area (Å²) in [5.74, 6) is -2.38. The van der Waals surface area contributed by atoms with E-state index in [1.165, 1.54) is 18.6 Å². The number of amides is 4. The molecule has 1 aromatic heterocycles. The fourth-order valence-electron chi connectivity index (χ4n) is 8.56. The standard InChI is InChI=1S/C39H61N7O6/c1-5-12-28(32(47)37(51)42-26-17-18-26)43-36(50)31-27(24-13-8-6-9-14-24)19-22-46(31)38(52)33(39(2,3)4)45-35(49)30(25-15-10-7-11-16-25)44-34(48)29-23-40-20-21-41-29/h20-21,23-28,30-31,33-34,44,48H,5-19,22H2,1-4H3,(H,42,51)(H,43,50)(H,45,49)/t27-,28+,30-,31+,33+,34?/m1/s1. The first-order valence-corrected chi connectivity index (χ1v) is 19.8. The van der Waals surface area contributed by atoms with Crippen molar-refractivity contribution >= 4 is 29.4 Å². The number of rotatable bonds is 15. The lowest BCUT2D eigenvalue weighted by atomic mass is 9.76. The summed E-state index contributed by atoms with van der Waals surface area (Å²) in [4.78, 5) is 79.5. The lowest BCUT2D eigenvalue weighted by molar-refractivity contribution is -0.146. The van der Waals surface area contributed by atoms with Gasteiger partial charge in [0.2, 0.25) is 23.5 Å². The minimum Gasteiger partial charge on any atom is -0.373 e. The molecule has 1 unspecified atom stereocenters. The van der Waals surface area contributed by atoms with E-state index >= 15 is 0 Å². The van der Waals surface area contributed by atoms with Crippen LogP contribution in [0.5, 0.6) is 0 Å². The van der Waals surface area contributed by atoms with Crippen molar-refractivity contribution in [3.05, 3.63) is 24.3 Å². The predicted octanol–water partition coefficient (Wildman–Crippen LogP) is 3.47. The van der Waals surface area contributed by atoms with Crippen molar-refractivity contribution in [1.29, 1.82) is 0 Å². The quantitative estimate of drug-likeness (QED) is 0.134. The smallest absolute Gasteiger partial charge is 0.289 e. The predicted molar refractivity (Wildman–Crippen MR) is 195 cm³/mol. The van der Waals surface area contributed by atoms with Crippen molar-refractivity contribution in [1.82, 2.24) is 36.1 Å². The number of hydrogen-bond acceptors (Lipinski definition) is 9. The van der Waals surface area contributed by atoms with E-state index in [9.17, 15) is 29.1 Å². The van der Waals surface area contributed by atoms with E-state index in [0.717, 1.165) is 77.0 Å². The zero-order chi connectivity index (χ0) is 37.4. The molecular weight excluding hydrogens is 662 g/mol. The molecule has 4 fully saturated rings. The first-order valence-electron chi connectivity index (χ1n) is 19.8. The minimum atomic E-state index is -1.23. The second-order valence-electron chi connectivity index (χ2n) is 16.7. The molecule has 3 aliphatic carbocycles. The van der Waals surface area contributed by atoms with E-state index in [1.54, 1.807) is 4.90 Å². The van der Waals surface area contributed by atoms with Gasteiger partial charge in [0.15, 0.2) is 0 Å². The van der Waals surface area contributed by atoms with Crippen molar-refractivity contribution in [3.8, 4) is 0 Å². The number of carbonyl (C=O) groups is 5. The SMILES string of the molecule is CCC[C@H](NC(=O)[C@@H]1[C@@H](C2CCCCC2)CCN1C(=O)[C@H](NC(=O)[C@H](NC(O)c1cnccn1)C1CCCCC1)C(C)(C)C)C(=O)C(=O)NC1CC1. The van der Waals surface area contributed by atoms with Crippen LogP contribution in [-0.4, -0.2) is 86.1 Å². The number of carbonyl (C=O) groups excluding carboxylic acids is 5. The summed E-state index contributed by atoms with van der Waals surface area (Å²) in [6.07, 6.45) is 16.3. The van der Waals surface area contributed by atoms with E-state index in [0.29, 0.717) is 31.5 Å². The Balaban J connectivity index is 1.39. The summed E-state index contributed by atoms with van der Waals surface area (Å²) < 4.78 is 0. The van der Waals surface area contributed by atoms with Crippen LogP contribution in [0.4, 0.5) is 0 Å². The van der Waals surface area contributed by atoms with Crippen LogP contribution in [0.15, 0.2) is 18.6 Å². The molecule has 0 bridgehead atoms.